The van der Waals surface area contributed by atoms with E-state index in [4.69, 9.17) is 0 Å². The van der Waals surface area contributed by atoms with Crippen LogP contribution in [-0.4, -0.2) is 30.7 Å². The Balaban J connectivity index is 2.54. The van der Waals surface area contributed by atoms with Gasteiger partial charge in [-0.1, -0.05) is 15.9 Å². The van der Waals surface area contributed by atoms with Crippen molar-refractivity contribution in [2.24, 2.45) is 0 Å². The molecule has 0 spiro atoms. The van der Waals surface area contributed by atoms with E-state index in [9.17, 15) is 9.59 Å². The maximum atomic E-state index is 12.4. The van der Waals surface area contributed by atoms with Crippen LogP contribution in [0.3, 0.4) is 0 Å². The summed E-state index contributed by atoms with van der Waals surface area (Å²) in [5, 5.41) is 2.74. The number of Topliss-reactive ketones (excluding diaryl/α,β-unsaturated/α-hetero) is 1. The number of benzene rings is 1. The summed E-state index contributed by atoms with van der Waals surface area (Å²) in [5.41, 5.74) is 1.58. The maximum absolute atomic E-state index is 12.4. The number of anilines is 1. The van der Waals surface area contributed by atoms with Crippen molar-refractivity contribution in [3.63, 3.8) is 0 Å². The summed E-state index contributed by atoms with van der Waals surface area (Å²) in [4.78, 5) is 25.9. The summed E-state index contributed by atoms with van der Waals surface area (Å²) < 4.78 is 0.815. The van der Waals surface area contributed by atoms with Crippen LogP contribution >= 0.6 is 15.9 Å². The van der Waals surface area contributed by atoms with Crippen LogP contribution in [0, 0.1) is 0 Å². The van der Waals surface area contributed by atoms with Gasteiger partial charge in [-0.05, 0) is 18.2 Å². The predicted octanol–water partition coefficient (Wildman–Crippen LogP) is 2.42. The lowest BCUT2D eigenvalue weighted by Gasteiger charge is -2.08. The lowest BCUT2D eigenvalue weighted by molar-refractivity contribution is -0.115. The van der Waals surface area contributed by atoms with E-state index in [1.54, 1.807) is 29.3 Å². The van der Waals surface area contributed by atoms with Gasteiger partial charge in [0.1, 0.15) is 0 Å². The Bertz CT molecular complexity index is 550. The van der Waals surface area contributed by atoms with Crippen LogP contribution in [0.5, 0.6) is 0 Å². The summed E-state index contributed by atoms with van der Waals surface area (Å²) >= 11 is 3.33. The van der Waals surface area contributed by atoms with E-state index in [0.717, 1.165) is 4.47 Å². The highest BCUT2D eigenvalue weighted by Crippen LogP contribution is 2.27. The third-order valence-corrected chi connectivity index (χ3v) is 3.05. The van der Waals surface area contributed by atoms with Crippen LogP contribution in [0.1, 0.15) is 16.8 Å². The Morgan fingerprint density at radius 1 is 1.33 bits per heavy atom. The molecule has 0 bridgehead atoms. The second-order valence-corrected chi connectivity index (χ2v) is 5.28. The van der Waals surface area contributed by atoms with Crippen LogP contribution in [0.15, 0.2) is 34.4 Å². The van der Waals surface area contributed by atoms with Crippen molar-refractivity contribution in [3.8, 4) is 0 Å². The molecule has 1 N–H and O–H groups in total. The molecule has 1 aliphatic rings. The minimum absolute atomic E-state index is 0.101. The van der Waals surface area contributed by atoms with Crippen LogP contribution in [0.4, 0.5) is 5.69 Å². The highest BCUT2D eigenvalue weighted by Gasteiger charge is 2.24. The Morgan fingerprint density at radius 2 is 2.06 bits per heavy atom. The molecule has 1 aliphatic heterocycles. The van der Waals surface area contributed by atoms with Crippen molar-refractivity contribution >= 4 is 33.3 Å². The second-order valence-electron chi connectivity index (χ2n) is 4.36. The number of nitrogens with one attached hydrogen (secondary N) is 1. The first-order valence-electron chi connectivity index (χ1n) is 5.48. The number of hydrogen-bond acceptors (Lipinski definition) is 3. The quantitative estimate of drug-likeness (QED) is 0.811. The van der Waals surface area contributed by atoms with E-state index >= 15 is 0 Å². The molecule has 0 saturated heterocycles. The second kappa shape index (κ2) is 4.94. The minimum Gasteiger partial charge on any atom is -0.383 e. The van der Waals surface area contributed by atoms with Crippen LogP contribution < -0.4 is 5.32 Å². The lowest BCUT2D eigenvalue weighted by Crippen LogP contribution is -2.12. The fourth-order valence-corrected chi connectivity index (χ4v) is 2.21. The van der Waals surface area contributed by atoms with Gasteiger partial charge in [-0.25, -0.2) is 0 Å². The van der Waals surface area contributed by atoms with E-state index in [1.165, 1.54) is 0 Å². The molecule has 94 valence electrons. The van der Waals surface area contributed by atoms with E-state index in [0.29, 0.717) is 16.8 Å². The normalized spacial score (nSPS) is 17.2. The molecule has 0 saturated carbocycles. The fourth-order valence-electron chi connectivity index (χ4n) is 1.85. The average Bonchev–Trinajstić information content (AvgIpc) is 2.38. The van der Waals surface area contributed by atoms with Gasteiger partial charge < -0.3 is 10.2 Å². The smallest absolute Gasteiger partial charge is 0.229 e. The van der Waals surface area contributed by atoms with Crippen LogP contribution in [-0.2, 0) is 4.79 Å². The minimum atomic E-state index is -0.169. The van der Waals surface area contributed by atoms with Crippen molar-refractivity contribution in [2.45, 2.75) is 6.42 Å². The third kappa shape index (κ3) is 2.61. The topological polar surface area (TPSA) is 49.4 Å². The van der Waals surface area contributed by atoms with Crippen molar-refractivity contribution in [3.05, 3.63) is 40.0 Å². The standard InChI is InChI=1S/C13H13BrN2O2/c1-16(2)7-8-5-12(17)15-11-4-3-9(14)6-10(11)13(8)18/h3-4,6-7H,5H2,1-2H3,(H,15,17)/b8-7-. The number of hydrogen-bond donors (Lipinski definition) is 1. The molecular formula is C13H13BrN2O2. The number of ketones is 1. The molecule has 0 atom stereocenters. The van der Waals surface area contributed by atoms with Gasteiger partial charge in [0.25, 0.3) is 0 Å². The Hall–Kier alpha value is -1.62. The zero-order valence-corrected chi connectivity index (χ0v) is 11.7. The van der Waals surface area contributed by atoms with E-state index in [2.05, 4.69) is 21.2 Å². The molecule has 18 heavy (non-hydrogen) atoms. The Labute approximate surface area is 114 Å². The van der Waals surface area contributed by atoms with E-state index in [-0.39, 0.29) is 18.1 Å². The van der Waals surface area contributed by atoms with Crippen molar-refractivity contribution in [2.75, 3.05) is 19.4 Å². The summed E-state index contributed by atoms with van der Waals surface area (Å²) in [6.45, 7) is 0. The van der Waals surface area contributed by atoms with Gasteiger partial charge in [0.2, 0.25) is 5.91 Å². The van der Waals surface area contributed by atoms with Gasteiger partial charge in [-0.3, -0.25) is 9.59 Å². The first-order valence-corrected chi connectivity index (χ1v) is 6.28. The van der Waals surface area contributed by atoms with Gasteiger partial charge in [0.15, 0.2) is 5.78 Å². The van der Waals surface area contributed by atoms with Gasteiger partial charge in [-0.2, -0.15) is 0 Å². The molecular weight excluding hydrogens is 296 g/mol. The zero-order valence-electron chi connectivity index (χ0n) is 10.2. The van der Waals surface area contributed by atoms with Gasteiger partial charge in [0.05, 0.1) is 12.1 Å². The first-order chi connectivity index (χ1) is 8.47. The molecule has 0 fully saturated rings. The summed E-state index contributed by atoms with van der Waals surface area (Å²) in [7, 11) is 3.65. The van der Waals surface area contributed by atoms with Gasteiger partial charge >= 0.3 is 0 Å². The van der Waals surface area contributed by atoms with Crippen molar-refractivity contribution in [1.29, 1.82) is 0 Å². The molecule has 0 aromatic heterocycles. The summed E-state index contributed by atoms with van der Waals surface area (Å²) in [6.07, 6.45) is 1.79. The monoisotopic (exact) mass is 308 g/mol. The lowest BCUT2D eigenvalue weighted by atomic mass is 10.0. The molecule has 5 heteroatoms. The van der Waals surface area contributed by atoms with Crippen molar-refractivity contribution in [1.82, 2.24) is 4.90 Å². The summed E-state index contributed by atoms with van der Waals surface area (Å²) in [5.74, 6) is -0.282. The maximum Gasteiger partial charge on any atom is 0.229 e. The number of halogens is 1. The zero-order chi connectivity index (χ0) is 13.3. The average molecular weight is 309 g/mol. The molecule has 0 radical (unpaired) electrons. The molecule has 1 heterocycles. The molecule has 2 rings (SSSR count). The van der Waals surface area contributed by atoms with Gasteiger partial charge in [-0.15, -0.1) is 0 Å². The number of amides is 1. The number of carbonyl (C=O) groups excluding carboxylic acids is 2. The molecule has 4 nitrogen and oxygen atoms in total. The molecule has 0 unspecified atom stereocenters. The molecule has 1 aromatic carbocycles. The van der Waals surface area contributed by atoms with E-state index in [1.807, 2.05) is 14.1 Å². The first kappa shape index (κ1) is 12.8. The fraction of sp³-hybridized carbons (Fsp3) is 0.231. The van der Waals surface area contributed by atoms with Crippen LogP contribution in [0.2, 0.25) is 0 Å². The van der Waals surface area contributed by atoms with E-state index < -0.39 is 0 Å². The highest BCUT2D eigenvalue weighted by molar-refractivity contribution is 9.10. The third-order valence-electron chi connectivity index (χ3n) is 2.56. The number of rotatable bonds is 1. The SMILES string of the molecule is CN(C)/C=C1/CC(=O)Nc2ccc(Br)cc2C1=O. The largest absolute Gasteiger partial charge is 0.383 e. The Kier molecular flexibility index (Phi) is 3.52. The highest BCUT2D eigenvalue weighted by atomic mass is 79.9. The number of carbonyl (C=O) groups is 2. The Morgan fingerprint density at radius 3 is 2.72 bits per heavy atom. The molecule has 1 amide bonds. The molecule has 0 aliphatic carbocycles. The summed E-state index contributed by atoms with van der Waals surface area (Å²) in [6, 6.07) is 5.26. The van der Waals surface area contributed by atoms with Gasteiger partial charge in [0, 0.05) is 35.9 Å². The van der Waals surface area contributed by atoms with Crippen LogP contribution in [0.25, 0.3) is 0 Å². The number of nitrogens with zero attached hydrogens (tertiary/aromatic N) is 1. The predicted molar refractivity (Wildman–Crippen MR) is 73.5 cm³/mol. The van der Waals surface area contributed by atoms with Crippen molar-refractivity contribution < 1.29 is 9.59 Å². The number of fused-ring (bicyclic) bond motifs is 1. The molecule has 1 aromatic rings.